The quantitative estimate of drug-likeness (QED) is 0.768. The molecule has 3 nitrogen and oxygen atoms in total. The average Bonchev–Trinajstić information content (AvgIpc) is 2.29. The molecule has 0 amide bonds. The SMILES string of the molecule is COc1cc(F)cc(N2CCC(=O)CC2)c1. The maximum absolute atomic E-state index is 13.3. The molecule has 1 heterocycles. The molecule has 0 aromatic heterocycles. The number of ketones is 1. The number of benzene rings is 1. The van der Waals surface area contributed by atoms with Crippen LogP contribution in [0.1, 0.15) is 12.8 Å². The molecular weight excluding hydrogens is 209 g/mol. The van der Waals surface area contributed by atoms with Crippen LogP contribution in [0.2, 0.25) is 0 Å². The molecule has 2 rings (SSSR count). The van der Waals surface area contributed by atoms with Crippen LogP contribution in [0.3, 0.4) is 0 Å². The number of halogens is 1. The lowest BCUT2D eigenvalue weighted by molar-refractivity contribution is -0.119. The van der Waals surface area contributed by atoms with E-state index in [0.717, 1.165) is 5.69 Å². The van der Waals surface area contributed by atoms with Gasteiger partial charge in [-0.15, -0.1) is 0 Å². The molecule has 4 heteroatoms. The zero-order valence-electron chi connectivity index (χ0n) is 9.20. The number of carbonyl (C=O) groups excluding carboxylic acids is 1. The zero-order chi connectivity index (χ0) is 11.5. The number of carbonyl (C=O) groups is 1. The molecule has 0 unspecified atom stereocenters. The summed E-state index contributed by atoms with van der Waals surface area (Å²) in [6, 6.07) is 4.61. The van der Waals surface area contributed by atoms with Crippen molar-refractivity contribution < 1.29 is 13.9 Å². The van der Waals surface area contributed by atoms with E-state index in [2.05, 4.69) is 0 Å². The number of Topliss-reactive ketones (excluding diaryl/α,β-unsaturated/α-hetero) is 1. The van der Waals surface area contributed by atoms with Crippen LogP contribution in [0.15, 0.2) is 18.2 Å². The predicted octanol–water partition coefficient (Wildman–Crippen LogP) is 2.00. The van der Waals surface area contributed by atoms with Gasteiger partial charge in [0.25, 0.3) is 0 Å². The summed E-state index contributed by atoms with van der Waals surface area (Å²) in [6.07, 6.45) is 1.08. The number of hydrogen-bond acceptors (Lipinski definition) is 3. The summed E-state index contributed by atoms with van der Waals surface area (Å²) in [7, 11) is 1.51. The lowest BCUT2D eigenvalue weighted by Gasteiger charge is -2.28. The minimum Gasteiger partial charge on any atom is -0.497 e. The Morgan fingerprint density at radius 1 is 1.25 bits per heavy atom. The molecule has 0 atom stereocenters. The Labute approximate surface area is 93.8 Å². The van der Waals surface area contributed by atoms with Gasteiger partial charge >= 0.3 is 0 Å². The van der Waals surface area contributed by atoms with Gasteiger partial charge in [-0.25, -0.2) is 4.39 Å². The standard InChI is InChI=1S/C12H14FNO2/c1-16-12-7-9(13)6-10(8-12)14-4-2-11(15)3-5-14/h6-8H,2-5H2,1H3. The molecule has 1 fully saturated rings. The van der Waals surface area contributed by atoms with Gasteiger partial charge in [0.2, 0.25) is 0 Å². The normalized spacial score (nSPS) is 16.4. The third kappa shape index (κ3) is 2.32. The van der Waals surface area contributed by atoms with Crippen molar-refractivity contribution in [2.75, 3.05) is 25.1 Å². The first kappa shape index (κ1) is 10.9. The van der Waals surface area contributed by atoms with E-state index >= 15 is 0 Å². The summed E-state index contributed by atoms with van der Waals surface area (Å²) in [4.78, 5) is 13.1. The highest BCUT2D eigenvalue weighted by Crippen LogP contribution is 2.25. The van der Waals surface area contributed by atoms with E-state index in [-0.39, 0.29) is 11.6 Å². The predicted molar refractivity (Wildman–Crippen MR) is 59.4 cm³/mol. The molecule has 0 bridgehead atoms. The van der Waals surface area contributed by atoms with Crippen molar-refractivity contribution in [3.63, 3.8) is 0 Å². The number of nitrogens with zero attached hydrogens (tertiary/aromatic N) is 1. The third-order valence-corrected chi connectivity index (χ3v) is 2.78. The van der Waals surface area contributed by atoms with Crippen LogP contribution >= 0.6 is 0 Å². The number of piperidine rings is 1. The topological polar surface area (TPSA) is 29.5 Å². The monoisotopic (exact) mass is 223 g/mol. The number of anilines is 1. The minimum absolute atomic E-state index is 0.277. The van der Waals surface area contributed by atoms with Gasteiger partial charge < -0.3 is 9.64 Å². The molecule has 16 heavy (non-hydrogen) atoms. The molecule has 1 aromatic rings. The van der Waals surface area contributed by atoms with E-state index in [4.69, 9.17) is 4.74 Å². The van der Waals surface area contributed by atoms with Gasteiger partial charge in [-0.05, 0) is 6.07 Å². The Bertz CT molecular complexity index is 396. The molecule has 0 N–H and O–H groups in total. The fourth-order valence-corrected chi connectivity index (χ4v) is 1.86. The van der Waals surface area contributed by atoms with Gasteiger partial charge in [-0.3, -0.25) is 4.79 Å². The summed E-state index contributed by atoms with van der Waals surface area (Å²) in [5.74, 6) is 0.470. The first-order chi connectivity index (χ1) is 7.69. The summed E-state index contributed by atoms with van der Waals surface area (Å²) >= 11 is 0. The Balaban J connectivity index is 2.19. The second kappa shape index (κ2) is 4.51. The second-order valence-electron chi connectivity index (χ2n) is 3.87. The minimum atomic E-state index is -0.314. The van der Waals surface area contributed by atoms with Crippen molar-refractivity contribution in [1.82, 2.24) is 0 Å². The van der Waals surface area contributed by atoms with Crippen molar-refractivity contribution in [2.45, 2.75) is 12.8 Å². The lowest BCUT2D eigenvalue weighted by atomic mass is 10.1. The molecule has 1 aliphatic rings. The van der Waals surface area contributed by atoms with Crippen molar-refractivity contribution in [3.05, 3.63) is 24.0 Å². The fraction of sp³-hybridized carbons (Fsp3) is 0.417. The number of hydrogen-bond donors (Lipinski definition) is 0. The van der Waals surface area contributed by atoms with E-state index in [1.807, 2.05) is 4.90 Å². The van der Waals surface area contributed by atoms with Crippen molar-refractivity contribution in [2.24, 2.45) is 0 Å². The van der Waals surface area contributed by atoms with E-state index < -0.39 is 0 Å². The first-order valence-electron chi connectivity index (χ1n) is 5.30. The van der Waals surface area contributed by atoms with Gasteiger partial charge in [0.1, 0.15) is 17.3 Å². The van der Waals surface area contributed by atoms with E-state index in [9.17, 15) is 9.18 Å². The summed E-state index contributed by atoms with van der Waals surface area (Å²) in [5, 5.41) is 0. The first-order valence-corrected chi connectivity index (χ1v) is 5.30. The fourth-order valence-electron chi connectivity index (χ4n) is 1.86. The zero-order valence-corrected chi connectivity index (χ0v) is 9.20. The molecular formula is C12H14FNO2. The third-order valence-electron chi connectivity index (χ3n) is 2.78. The van der Waals surface area contributed by atoms with E-state index in [1.54, 1.807) is 6.07 Å². The van der Waals surface area contributed by atoms with Crippen LogP contribution in [0.25, 0.3) is 0 Å². The smallest absolute Gasteiger partial charge is 0.136 e. The van der Waals surface area contributed by atoms with Crippen LogP contribution in [-0.4, -0.2) is 26.0 Å². The van der Waals surface area contributed by atoms with Gasteiger partial charge in [0, 0.05) is 43.8 Å². The van der Waals surface area contributed by atoms with Crippen LogP contribution in [-0.2, 0) is 4.79 Å². The molecule has 86 valence electrons. The van der Waals surface area contributed by atoms with Crippen molar-refractivity contribution in [3.8, 4) is 5.75 Å². The second-order valence-corrected chi connectivity index (χ2v) is 3.87. The Hall–Kier alpha value is -1.58. The van der Waals surface area contributed by atoms with Crippen molar-refractivity contribution >= 4 is 11.5 Å². The maximum Gasteiger partial charge on any atom is 0.136 e. The summed E-state index contributed by atoms with van der Waals surface area (Å²) in [6.45, 7) is 1.32. The average molecular weight is 223 g/mol. The molecule has 1 aliphatic heterocycles. The van der Waals surface area contributed by atoms with E-state index in [0.29, 0.717) is 31.7 Å². The molecule has 1 aromatic carbocycles. The summed E-state index contributed by atoms with van der Waals surface area (Å²) in [5.41, 5.74) is 0.782. The Morgan fingerprint density at radius 3 is 2.56 bits per heavy atom. The van der Waals surface area contributed by atoms with Crippen LogP contribution in [0, 0.1) is 5.82 Å². The Morgan fingerprint density at radius 2 is 1.94 bits per heavy atom. The highest BCUT2D eigenvalue weighted by molar-refractivity contribution is 5.81. The van der Waals surface area contributed by atoms with E-state index in [1.165, 1.54) is 19.2 Å². The highest BCUT2D eigenvalue weighted by Gasteiger charge is 2.17. The Kier molecular flexibility index (Phi) is 3.08. The number of ether oxygens (including phenoxy) is 1. The maximum atomic E-state index is 13.3. The van der Waals surface area contributed by atoms with Gasteiger partial charge in [-0.1, -0.05) is 0 Å². The van der Waals surface area contributed by atoms with Gasteiger partial charge in [-0.2, -0.15) is 0 Å². The highest BCUT2D eigenvalue weighted by atomic mass is 19.1. The molecule has 0 saturated carbocycles. The number of rotatable bonds is 2. The molecule has 0 aliphatic carbocycles. The van der Waals surface area contributed by atoms with Gasteiger partial charge in [0.05, 0.1) is 7.11 Å². The van der Waals surface area contributed by atoms with Crippen LogP contribution in [0.5, 0.6) is 5.75 Å². The molecule has 0 spiro atoms. The van der Waals surface area contributed by atoms with Crippen molar-refractivity contribution in [1.29, 1.82) is 0 Å². The lowest BCUT2D eigenvalue weighted by Crippen LogP contribution is -2.33. The van der Waals surface area contributed by atoms with Crippen LogP contribution < -0.4 is 9.64 Å². The molecule has 0 radical (unpaired) electrons. The molecule has 1 saturated heterocycles. The summed E-state index contributed by atoms with van der Waals surface area (Å²) < 4.78 is 18.3. The van der Waals surface area contributed by atoms with Crippen LogP contribution in [0.4, 0.5) is 10.1 Å². The largest absolute Gasteiger partial charge is 0.497 e. The number of methoxy groups -OCH3 is 1. The van der Waals surface area contributed by atoms with Gasteiger partial charge in [0.15, 0.2) is 0 Å².